The number of esters is 1. The molecule has 0 aliphatic rings. The van der Waals surface area contributed by atoms with Crippen molar-refractivity contribution in [3.8, 4) is 11.5 Å². The van der Waals surface area contributed by atoms with Crippen LogP contribution < -0.4 is 9.47 Å². The number of hydrogen-bond acceptors (Lipinski definition) is 5. The van der Waals surface area contributed by atoms with Crippen molar-refractivity contribution in [2.24, 2.45) is 0 Å². The van der Waals surface area contributed by atoms with Gasteiger partial charge in [0.2, 0.25) is 0 Å². The van der Waals surface area contributed by atoms with E-state index in [1.807, 2.05) is 63.2 Å². The Morgan fingerprint density at radius 2 is 1.71 bits per heavy atom. The van der Waals surface area contributed by atoms with Gasteiger partial charge in [-0.05, 0) is 71.2 Å². The van der Waals surface area contributed by atoms with Crippen molar-refractivity contribution in [2.45, 2.75) is 65.3 Å². The summed E-state index contributed by atoms with van der Waals surface area (Å²) in [4.78, 5) is 12.2. The highest BCUT2D eigenvalue weighted by Gasteiger charge is 2.20. The normalized spacial score (nSPS) is 12.1. The molecule has 168 valence electrons. The monoisotopic (exact) mass is 426 g/mol. The van der Waals surface area contributed by atoms with E-state index in [4.69, 9.17) is 14.2 Å². The minimum Gasteiger partial charge on any atom is -0.496 e. The third-order valence-electron chi connectivity index (χ3n) is 4.49. The van der Waals surface area contributed by atoms with Gasteiger partial charge in [-0.3, -0.25) is 0 Å². The maximum atomic E-state index is 12.2. The van der Waals surface area contributed by atoms with Crippen LogP contribution in [0.2, 0.25) is 0 Å². The molecule has 2 aromatic rings. The summed E-state index contributed by atoms with van der Waals surface area (Å²) in [5.74, 6) is 0.893. The minimum absolute atomic E-state index is 0.372. The fraction of sp³-hybridized carbons (Fsp3) is 0.423. The quantitative estimate of drug-likeness (QED) is 0.433. The molecular formula is C26H34O5. The molecule has 0 atom stereocenters. The topological polar surface area (TPSA) is 65.0 Å². The first kappa shape index (κ1) is 24.5. The van der Waals surface area contributed by atoms with Crippen molar-refractivity contribution in [1.29, 1.82) is 0 Å². The van der Waals surface area contributed by atoms with Crippen LogP contribution in [0.15, 0.2) is 48.5 Å². The van der Waals surface area contributed by atoms with Crippen molar-refractivity contribution in [3.63, 3.8) is 0 Å². The van der Waals surface area contributed by atoms with Crippen LogP contribution >= 0.6 is 0 Å². The van der Waals surface area contributed by atoms with Crippen LogP contribution in [0.3, 0.4) is 0 Å². The molecule has 0 spiro atoms. The fourth-order valence-corrected chi connectivity index (χ4v) is 3.01. The number of aliphatic hydroxyl groups is 1. The molecule has 31 heavy (non-hydrogen) atoms. The van der Waals surface area contributed by atoms with Gasteiger partial charge < -0.3 is 19.3 Å². The van der Waals surface area contributed by atoms with Gasteiger partial charge in [-0.25, -0.2) is 4.79 Å². The van der Waals surface area contributed by atoms with E-state index < -0.39 is 17.2 Å². The predicted molar refractivity (Wildman–Crippen MR) is 123 cm³/mol. The molecule has 2 aromatic carbocycles. The highest BCUT2D eigenvalue weighted by atomic mass is 16.6. The molecule has 0 saturated heterocycles. The van der Waals surface area contributed by atoms with Crippen molar-refractivity contribution in [1.82, 2.24) is 0 Å². The summed E-state index contributed by atoms with van der Waals surface area (Å²) < 4.78 is 17.2. The Hall–Kier alpha value is -2.79. The standard InChI is InChI=1S/C26H34O5/c1-25(2,3)31-23(27)15-13-20-12-14-22(29-6)21(16-17-26(4,5)28)24(20)30-18-19-10-8-7-9-11-19/h7-15,28H,16-18H2,1-6H3. The molecule has 0 aromatic heterocycles. The number of carbonyl (C=O) groups is 1. The predicted octanol–water partition coefficient (Wildman–Crippen LogP) is 5.33. The molecule has 5 heteroatoms. The van der Waals surface area contributed by atoms with E-state index in [9.17, 15) is 9.90 Å². The maximum absolute atomic E-state index is 12.2. The van der Waals surface area contributed by atoms with Crippen LogP contribution in [-0.2, 0) is 22.6 Å². The lowest BCUT2D eigenvalue weighted by atomic mass is 9.96. The number of methoxy groups -OCH3 is 1. The Balaban J connectivity index is 2.40. The Kier molecular flexibility index (Phi) is 8.28. The zero-order valence-corrected chi connectivity index (χ0v) is 19.4. The molecule has 0 radical (unpaired) electrons. The first-order valence-corrected chi connectivity index (χ1v) is 10.5. The molecular weight excluding hydrogens is 392 g/mol. The molecule has 0 unspecified atom stereocenters. The van der Waals surface area contributed by atoms with Crippen LogP contribution in [0.5, 0.6) is 11.5 Å². The largest absolute Gasteiger partial charge is 0.496 e. The van der Waals surface area contributed by atoms with Crippen molar-refractivity contribution in [3.05, 3.63) is 65.2 Å². The van der Waals surface area contributed by atoms with E-state index in [0.29, 0.717) is 30.9 Å². The third kappa shape index (κ3) is 8.46. The van der Waals surface area contributed by atoms with Crippen molar-refractivity contribution in [2.75, 3.05) is 7.11 Å². The lowest BCUT2D eigenvalue weighted by Crippen LogP contribution is -2.22. The highest BCUT2D eigenvalue weighted by Crippen LogP contribution is 2.36. The van der Waals surface area contributed by atoms with Crippen LogP contribution in [0.4, 0.5) is 0 Å². The molecule has 0 bridgehead atoms. The molecule has 0 saturated carbocycles. The lowest BCUT2D eigenvalue weighted by molar-refractivity contribution is -0.148. The SMILES string of the molecule is COc1ccc(C=CC(=O)OC(C)(C)C)c(OCc2ccccc2)c1CCC(C)(C)O. The van der Waals surface area contributed by atoms with Gasteiger partial charge in [-0.2, -0.15) is 0 Å². The summed E-state index contributed by atoms with van der Waals surface area (Å²) in [5, 5.41) is 10.2. The molecule has 0 aliphatic carbocycles. The Morgan fingerprint density at radius 1 is 1.03 bits per heavy atom. The lowest BCUT2D eigenvalue weighted by Gasteiger charge is -2.21. The second kappa shape index (κ2) is 10.5. The van der Waals surface area contributed by atoms with E-state index in [1.54, 1.807) is 27.0 Å². The van der Waals surface area contributed by atoms with Crippen molar-refractivity contribution >= 4 is 12.0 Å². The fourth-order valence-electron chi connectivity index (χ4n) is 3.01. The summed E-state index contributed by atoms with van der Waals surface area (Å²) in [6.45, 7) is 9.41. The molecule has 5 nitrogen and oxygen atoms in total. The van der Waals surface area contributed by atoms with Crippen molar-refractivity contribution < 1.29 is 24.1 Å². The number of hydrogen-bond donors (Lipinski definition) is 1. The summed E-state index contributed by atoms with van der Waals surface area (Å²) in [6, 6.07) is 13.6. The Morgan fingerprint density at radius 3 is 2.29 bits per heavy atom. The minimum atomic E-state index is -0.829. The zero-order valence-electron chi connectivity index (χ0n) is 19.4. The van der Waals surface area contributed by atoms with Crippen LogP contribution in [0.25, 0.3) is 6.08 Å². The Labute approximate surface area is 185 Å². The van der Waals surface area contributed by atoms with Crippen LogP contribution in [0, 0.1) is 0 Å². The van der Waals surface area contributed by atoms with E-state index in [2.05, 4.69) is 0 Å². The van der Waals surface area contributed by atoms with Gasteiger partial charge in [0, 0.05) is 17.2 Å². The molecule has 0 aliphatic heterocycles. The van der Waals surface area contributed by atoms with Gasteiger partial charge >= 0.3 is 5.97 Å². The number of carbonyl (C=O) groups excluding carboxylic acids is 1. The first-order valence-electron chi connectivity index (χ1n) is 10.5. The van der Waals surface area contributed by atoms with E-state index >= 15 is 0 Å². The summed E-state index contributed by atoms with van der Waals surface area (Å²) in [7, 11) is 1.61. The molecule has 0 fully saturated rings. The number of rotatable bonds is 9. The zero-order chi connectivity index (χ0) is 23.1. The van der Waals surface area contributed by atoms with E-state index in [1.165, 1.54) is 6.08 Å². The van der Waals surface area contributed by atoms with Gasteiger partial charge in [0.05, 0.1) is 12.7 Å². The van der Waals surface area contributed by atoms with E-state index in [0.717, 1.165) is 16.7 Å². The van der Waals surface area contributed by atoms with Crippen LogP contribution in [0.1, 0.15) is 57.7 Å². The summed E-state index contributed by atoms with van der Waals surface area (Å²) in [5.41, 5.74) is 1.23. The second-order valence-corrected chi connectivity index (χ2v) is 9.12. The molecule has 0 heterocycles. The molecule has 2 rings (SSSR count). The van der Waals surface area contributed by atoms with E-state index in [-0.39, 0.29) is 0 Å². The smallest absolute Gasteiger partial charge is 0.331 e. The van der Waals surface area contributed by atoms with Gasteiger partial charge in [0.15, 0.2) is 0 Å². The summed E-state index contributed by atoms with van der Waals surface area (Å²) in [6.07, 6.45) is 4.19. The number of benzene rings is 2. The van der Waals surface area contributed by atoms with Crippen LogP contribution in [-0.4, -0.2) is 29.4 Å². The van der Waals surface area contributed by atoms with Gasteiger partial charge in [-0.1, -0.05) is 30.3 Å². The summed E-state index contributed by atoms with van der Waals surface area (Å²) >= 11 is 0. The first-order chi connectivity index (χ1) is 14.5. The Bertz CT molecular complexity index is 886. The molecule has 1 N–H and O–H groups in total. The average Bonchev–Trinajstić information content (AvgIpc) is 2.68. The average molecular weight is 427 g/mol. The second-order valence-electron chi connectivity index (χ2n) is 9.12. The van der Waals surface area contributed by atoms with Gasteiger partial charge in [0.1, 0.15) is 23.7 Å². The number of ether oxygens (including phenoxy) is 3. The maximum Gasteiger partial charge on any atom is 0.331 e. The molecule has 0 amide bonds. The van der Waals surface area contributed by atoms with Gasteiger partial charge in [0.25, 0.3) is 0 Å². The van der Waals surface area contributed by atoms with Gasteiger partial charge in [-0.15, -0.1) is 0 Å². The third-order valence-corrected chi connectivity index (χ3v) is 4.49. The highest BCUT2D eigenvalue weighted by molar-refractivity contribution is 5.88.